The third-order valence-electron chi connectivity index (χ3n) is 6.07. The van der Waals surface area contributed by atoms with Gasteiger partial charge in [0.1, 0.15) is 11.9 Å². The van der Waals surface area contributed by atoms with Crippen LogP contribution in [0.5, 0.6) is 5.75 Å². The van der Waals surface area contributed by atoms with Gasteiger partial charge in [-0.15, -0.1) is 0 Å². The van der Waals surface area contributed by atoms with Gasteiger partial charge in [0.2, 0.25) is 0 Å². The van der Waals surface area contributed by atoms with E-state index < -0.39 is 9.84 Å². The van der Waals surface area contributed by atoms with E-state index >= 15 is 0 Å². The van der Waals surface area contributed by atoms with Crippen LogP contribution in [0.25, 0.3) is 22.2 Å². The van der Waals surface area contributed by atoms with Crippen molar-refractivity contribution in [3.8, 4) is 17.0 Å². The number of hydrogen-bond acceptors (Lipinski definition) is 6. The number of benzene rings is 2. The minimum absolute atomic E-state index is 0.109. The molecule has 162 valence electrons. The largest absolute Gasteiger partial charge is 0.490 e. The molecule has 2 aromatic carbocycles. The normalized spacial score (nSPS) is 19.0. The van der Waals surface area contributed by atoms with E-state index in [0.29, 0.717) is 18.0 Å². The number of nitrogens with zero attached hydrogens (tertiary/aromatic N) is 1. The lowest BCUT2D eigenvalue weighted by Crippen LogP contribution is -2.34. The first-order valence-electron chi connectivity index (χ1n) is 10.9. The smallest absolute Gasteiger partial charge is 0.179 e. The second-order valence-electron chi connectivity index (χ2n) is 8.41. The van der Waals surface area contributed by atoms with Crippen LogP contribution in [-0.2, 0) is 16.4 Å². The molecule has 0 aliphatic carbocycles. The Bertz CT molecular complexity index is 1230. The summed E-state index contributed by atoms with van der Waals surface area (Å²) in [5, 5.41) is 7.55. The fourth-order valence-corrected chi connectivity index (χ4v) is 5.82. The van der Waals surface area contributed by atoms with Gasteiger partial charge in [-0.2, -0.15) is 0 Å². The maximum atomic E-state index is 12.8. The molecule has 0 bridgehead atoms. The summed E-state index contributed by atoms with van der Waals surface area (Å²) in [5.74, 6) is 0.924. The van der Waals surface area contributed by atoms with E-state index in [-0.39, 0.29) is 11.9 Å². The first-order chi connectivity index (χ1) is 15.0. The molecule has 3 heterocycles. The zero-order valence-corrected chi connectivity index (χ0v) is 18.5. The molecule has 1 saturated heterocycles. The standard InChI is InChI=1S/C24H27N3O3S/c1-16-2-5-21-20(12-16)23(30-19-6-8-25-9-7-19)14-22(27-21)17-3-4-18-15-26-10-11-31(28,29)24(18)13-17/h2-5,12-14,19,25-26H,6-11,15H2,1H3. The van der Waals surface area contributed by atoms with Gasteiger partial charge in [-0.05, 0) is 56.6 Å². The molecule has 6 nitrogen and oxygen atoms in total. The molecule has 3 aromatic rings. The molecule has 2 N–H and O–H groups in total. The molecule has 2 aliphatic rings. The van der Waals surface area contributed by atoms with Gasteiger partial charge in [0, 0.05) is 30.1 Å². The minimum Gasteiger partial charge on any atom is -0.490 e. The van der Waals surface area contributed by atoms with Gasteiger partial charge in [-0.1, -0.05) is 23.8 Å². The highest BCUT2D eigenvalue weighted by molar-refractivity contribution is 7.91. The van der Waals surface area contributed by atoms with Gasteiger partial charge in [-0.25, -0.2) is 13.4 Å². The molecular weight excluding hydrogens is 410 g/mol. The molecule has 1 aromatic heterocycles. The number of pyridine rings is 1. The summed E-state index contributed by atoms with van der Waals surface area (Å²) in [6.07, 6.45) is 2.10. The third-order valence-corrected chi connectivity index (χ3v) is 7.86. The zero-order valence-electron chi connectivity index (χ0n) is 17.6. The number of nitrogens with one attached hydrogen (secondary N) is 2. The highest BCUT2D eigenvalue weighted by atomic mass is 32.2. The van der Waals surface area contributed by atoms with E-state index in [9.17, 15) is 8.42 Å². The summed E-state index contributed by atoms with van der Waals surface area (Å²) in [7, 11) is -3.32. The van der Waals surface area contributed by atoms with E-state index in [2.05, 4.69) is 23.6 Å². The number of hydrogen-bond donors (Lipinski definition) is 2. The number of ether oxygens (including phenoxy) is 1. The first-order valence-corrected chi connectivity index (χ1v) is 12.5. The van der Waals surface area contributed by atoms with Crippen LogP contribution in [0.15, 0.2) is 47.4 Å². The Kier molecular flexibility index (Phi) is 5.42. The van der Waals surface area contributed by atoms with Crippen molar-refractivity contribution in [1.29, 1.82) is 0 Å². The monoisotopic (exact) mass is 437 g/mol. The SMILES string of the molecule is Cc1ccc2nc(-c3ccc4c(c3)S(=O)(=O)CCNC4)cc(OC3CCNCC3)c2c1. The predicted molar refractivity (Wildman–Crippen MR) is 122 cm³/mol. The summed E-state index contributed by atoms with van der Waals surface area (Å²) in [5.41, 5.74) is 4.34. The molecule has 5 rings (SSSR count). The average molecular weight is 438 g/mol. The minimum atomic E-state index is -3.32. The second kappa shape index (κ2) is 8.22. The van der Waals surface area contributed by atoms with Gasteiger partial charge in [0.05, 0.1) is 21.9 Å². The fourth-order valence-electron chi connectivity index (χ4n) is 4.34. The van der Waals surface area contributed by atoms with Crippen molar-refractivity contribution in [2.45, 2.75) is 37.3 Å². The second-order valence-corrected chi connectivity index (χ2v) is 10.5. The van der Waals surface area contributed by atoms with Gasteiger partial charge < -0.3 is 15.4 Å². The van der Waals surface area contributed by atoms with Crippen LogP contribution >= 0.6 is 0 Å². The fraction of sp³-hybridized carbons (Fsp3) is 0.375. The Hall–Kier alpha value is -2.48. The number of sulfone groups is 1. The van der Waals surface area contributed by atoms with Crippen molar-refractivity contribution in [1.82, 2.24) is 15.6 Å². The summed E-state index contributed by atoms with van der Waals surface area (Å²) in [4.78, 5) is 5.26. The lowest BCUT2D eigenvalue weighted by molar-refractivity contribution is 0.164. The molecule has 1 fully saturated rings. The van der Waals surface area contributed by atoms with Crippen molar-refractivity contribution in [3.63, 3.8) is 0 Å². The maximum absolute atomic E-state index is 12.8. The van der Waals surface area contributed by atoms with E-state index in [0.717, 1.165) is 65.0 Å². The molecule has 0 radical (unpaired) electrons. The summed E-state index contributed by atoms with van der Waals surface area (Å²) in [6, 6.07) is 13.7. The molecule has 0 spiro atoms. The molecular formula is C24H27N3O3S. The topological polar surface area (TPSA) is 80.3 Å². The summed E-state index contributed by atoms with van der Waals surface area (Å²) >= 11 is 0. The van der Waals surface area contributed by atoms with Gasteiger partial charge in [0.25, 0.3) is 0 Å². The quantitative estimate of drug-likeness (QED) is 0.655. The highest BCUT2D eigenvalue weighted by Crippen LogP contribution is 2.34. The number of fused-ring (bicyclic) bond motifs is 2. The van der Waals surface area contributed by atoms with E-state index in [1.54, 1.807) is 6.07 Å². The Balaban J connectivity index is 1.62. The maximum Gasteiger partial charge on any atom is 0.179 e. The number of aryl methyl sites for hydroxylation is 1. The Morgan fingerprint density at radius 3 is 2.68 bits per heavy atom. The van der Waals surface area contributed by atoms with Crippen LogP contribution in [0, 0.1) is 6.92 Å². The summed E-state index contributed by atoms with van der Waals surface area (Å²) in [6.45, 7) is 5.00. The third kappa shape index (κ3) is 4.18. The van der Waals surface area contributed by atoms with Crippen molar-refractivity contribution in [2.24, 2.45) is 0 Å². The highest BCUT2D eigenvalue weighted by Gasteiger charge is 2.23. The van der Waals surface area contributed by atoms with Crippen LogP contribution in [0.2, 0.25) is 0 Å². The lowest BCUT2D eigenvalue weighted by atomic mass is 10.0. The van der Waals surface area contributed by atoms with Crippen LogP contribution in [-0.4, -0.2) is 44.9 Å². The molecule has 2 aliphatic heterocycles. The van der Waals surface area contributed by atoms with Gasteiger partial charge in [-0.3, -0.25) is 0 Å². The van der Waals surface area contributed by atoms with Crippen molar-refractivity contribution in [2.75, 3.05) is 25.4 Å². The summed E-state index contributed by atoms with van der Waals surface area (Å²) < 4.78 is 32.0. The lowest BCUT2D eigenvalue weighted by Gasteiger charge is -2.25. The van der Waals surface area contributed by atoms with Crippen LogP contribution < -0.4 is 15.4 Å². The molecule has 0 saturated carbocycles. The molecule has 0 unspecified atom stereocenters. The Morgan fingerprint density at radius 2 is 1.84 bits per heavy atom. The zero-order chi connectivity index (χ0) is 21.4. The van der Waals surface area contributed by atoms with Crippen molar-refractivity contribution < 1.29 is 13.2 Å². The Labute approximate surface area is 183 Å². The molecule has 31 heavy (non-hydrogen) atoms. The van der Waals surface area contributed by atoms with Gasteiger partial charge in [0.15, 0.2) is 9.84 Å². The van der Waals surface area contributed by atoms with E-state index in [1.807, 2.05) is 30.3 Å². The van der Waals surface area contributed by atoms with E-state index in [1.165, 1.54) is 0 Å². The van der Waals surface area contributed by atoms with E-state index in [4.69, 9.17) is 9.72 Å². The Morgan fingerprint density at radius 1 is 1.00 bits per heavy atom. The predicted octanol–water partition coefficient (Wildman–Crippen LogP) is 3.22. The number of rotatable bonds is 3. The number of piperidine rings is 1. The van der Waals surface area contributed by atoms with Gasteiger partial charge >= 0.3 is 0 Å². The molecule has 7 heteroatoms. The molecule has 0 amide bonds. The van der Waals surface area contributed by atoms with Crippen LogP contribution in [0.4, 0.5) is 0 Å². The van der Waals surface area contributed by atoms with Crippen molar-refractivity contribution in [3.05, 3.63) is 53.6 Å². The van der Waals surface area contributed by atoms with Crippen molar-refractivity contribution >= 4 is 20.7 Å². The average Bonchev–Trinajstić information content (AvgIpc) is 2.92. The molecule has 0 atom stereocenters. The van der Waals surface area contributed by atoms with Crippen LogP contribution in [0.3, 0.4) is 0 Å². The first kappa shape index (κ1) is 20.4. The van der Waals surface area contributed by atoms with Crippen LogP contribution in [0.1, 0.15) is 24.0 Å². The number of aromatic nitrogens is 1.